The lowest BCUT2D eigenvalue weighted by atomic mass is 9.68. The quantitative estimate of drug-likeness (QED) is 0.101. The van der Waals surface area contributed by atoms with Crippen LogP contribution in [0.1, 0.15) is 86.5 Å². The minimum absolute atomic E-state index is 0.0278. The van der Waals surface area contributed by atoms with Crippen LogP contribution in [-0.2, 0) is 10.8 Å². The highest BCUT2D eigenvalue weighted by atomic mass is 15.2. The van der Waals surface area contributed by atoms with Gasteiger partial charge in [0.1, 0.15) is 0 Å². The SMILES string of the molecule is c1ccc(N(c2ccccc2)c2ccc(-c3ccc(N(c4ccc(-c5ccc(N(c6ccc(-c7ccc(N(c8ccccc8)c8ccccc8)cc7)cc6)c6ccc7c(c6)C6(CCCCC6)c6ccccc6-7)cc5)cc4)c4ccc5c(c4)C4(CCCCC4)c4ccccc4-5)cc3)cc2)cc1. The van der Waals surface area contributed by atoms with E-state index in [1.807, 2.05) is 0 Å². The second kappa shape index (κ2) is 25.9. The highest BCUT2D eigenvalue weighted by molar-refractivity contribution is 5.90. The maximum Gasteiger partial charge on any atom is 0.0465 e. The molecule has 18 rings (SSSR count). The van der Waals surface area contributed by atoms with Crippen molar-refractivity contribution in [3.63, 3.8) is 0 Å². The summed E-state index contributed by atoms with van der Waals surface area (Å²) < 4.78 is 0. The molecule has 0 aromatic heterocycles. The average Bonchev–Trinajstić information content (AvgIpc) is 1.56. The summed E-state index contributed by atoms with van der Waals surface area (Å²) >= 11 is 0. The van der Waals surface area contributed by atoms with Gasteiger partial charge in [-0.3, -0.25) is 0 Å². The van der Waals surface area contributed by atoms with Crippen LogP contribution in [0.15, 0.2) is 352 Å². The molecule has 0 atom stereocenters. The van der Waals surface area contributed by atoms with E-state index in [-0.39, 0.29) is 10.8 Å². The van der Waals surface area contributed by atoms with E-state index in [1.165, 1.54) is 153 Å². The molecule has 100 heavy (non-hydrogen) atoms. The fourth-order valence-corrected chi connectivity index (χ4v) is 17.5. The predicted octanol–water partition coefficient (Wildman–Crippen LogP) is 27.0. The van der Waals surface area contributed by atoms with Crippen molar-refractivity contribution in [1.82, 2.24) is 0 Å². The number of benzene rings is 14. The average molecular weight is 1290 g/mol. The molecule has 14 aromatic rings. The van der Waals surface area contributed by atoms with Gasteiger partial charge in [-0.25, -0.2) is 0 Å². The van der Waals surface area contributed by atoms with E-state index in [4.69, 9.17) is 0 Å². The molecule has 0 unspecified atom stereocenters. The number of anilines is 12. The van der Waals surface area contributed by atoms with E-state index in [1.54, 1.807) is 0 Å². The van der Waals surface area contributed by atoms with Crippen molar-refractivity contribution in [2.45, 2.75) is 75.0 Å². The van der Waals surface area contributed by atoms with Crippen LogP contribution in [0, 0.1) is 0 Å². The molecule has 482 valence electrons. The van der Waals surface area contributed by atoms with E-state index >= 15 is 0 Å². The van der Waals surface area contributed by atoms with Crippen LogP contribution in [0.2, 0.25) is 0 Å². The summed E-state index contributed by atoms with van der Waals surface area (Å²) in [6, 6.07) is 131. The summed E-state index contributed by atoms with van der Waals surface area (Å²) in [5.41, 5.74) is 32.2. The Morgan fingerprint density at radius 3 is 0.620 bits per heavy atom. The summed E-state index contributed by atoms with van der Waals surface area (Å²) in [6.07, 6.45) is 12.3. The van der Waals surface area contributed by atoms with Crippen LogP contribution in [0.5, 0.6) is 0 Å². The van der Waals surface area contributed by atoms with Crippen molar-refractivity contribution < 1.29 is 0 Å². The fourth-order valence-electron chi connectivity index (χ4n) is 17.5. The lowest BCUT2D eigenvalue weighted by Crippen LogP contribution is -2.28. The molecule has 14 aromatic carbocycles. The van der Waals surface area contributed by atoms with Crippen molar-refractivity contribution in [2.75, 3.05) is 19.6 Å². The van der Waals surface area contributed by atoms with Gasteiger partial charge in [-0.15, -0.1) is 0 Å². The molecule has 0 saturated heterocycles. The van der Waals surface area contributed by atoms with Crippen LogP contribution < -0.4 is 19.6 Å². The van der Waals surface area contributed by atoms with E-state index < -0.39 is 0 Å². The molecule has 0 heterocycles. The fraction of sp³-hybridized carbons (Fsp3) is 0.125. The molecule has 0 amide bonds. The van der Waals surface area contributed by atoms with Gasteiger partial charge in [0.15, 0.2) is 0 Å². The standard InChI is InChI=1S/C96H78N4/c1-7-23-75(24-8-1)97(76-25-9-2-10-26-76)79-47-35-69(36-48-79)71-39-51-81(52-40-71)99(85-59-61-89-87-31-15-17-33-91(87)95(93(89)67-85)63-19-5-20-64-95)83-55-43-73(44-56-83)74-45-57-84(58-46-74)100(86-60-62-90-88-32-16-18-34-92(88)96(94(90)68-86)65-21-6-22-66-96)82-53-41-72(42-54-82)70-37-49-80(50-38-70)98(77-27-11-3-12-28-77)78-29-13-4-14-30-78/h1-4,7-18,23-62,67-68H,5-6,19-22,63-66H2. The number of hydrogen-bond acceptors (Lipinski definition) is 4. The zero-order valence-corrected chi connectivity index (χ0v) is 56.3. The summed E-state index contributed by atoms with van der Waals surface area (Å²) in [6.45, 7) is 0. The zero-order chi connectivity index (χ0) is 66.4. The summed E-state index contributed by atoms with van der Waals surface area (Å²) in [4.78, 5) is 9.60. The van der Waals surface area contributed by atoms with Crippen molar-refractivity contribution >= 4 is 68.2 Å². The second-order valence-electron chi connectivity index (χ2n) is 27.8. The number of fused-ring (bicyclic) bond motifs is 10. The van der Waals surface area contributed by atoms with Gasteiger partial charge in [0.25, 0.3) is 0 Å². The number of rotatable bonds is 15. The maximum absolute atomic E-state index is 2.54. The highest BCUT2D eigenvalue weighted by Gasteiger charge is 2.45. The molecule has 4 nitrogen and oxygen atoms in total. The van der Waals surface area contributed by atoms with Gasteiger partial charge in [0.05, 0.1) is 0 Å². The topological polar surface area (TPSA) is 13.0 Å². The molecule has 2 saturated carbocycles. The van der Waals surface area contributed by atoms with Gasteiger partial charge in [0, 0.05) is 79.1 Å². The van der Waals surface area contributed by atoms with Gasteiger partial charge in [-0.05, 0) is 249 Å². The van der Waals surface area contributed by atoms with E-state index in [9.17, 15) is 0 Å². The van der Waals surface area contributed by atoms with Crippen molar-refractivity contribution in [1.29, 1.82) is 0 Å². The Morgan fingerprint density at radius 1 is 0.160 bits per heavy atom. The van der Waals surface area contributed by atoms with Gasteiger partial charge >= 0.3 is 0 Å². The smallest absolute Gasteiger partial charge is 0.0465 e. The monoisotopic (exact) mass is 1290 g/mol. The Kier molecular flexibility index (Phi) is 15.7. The number of para-hydroxylation sites is 4. The molecule has 4 heteroatoms. The summed E-state index contributed by atoms with van der Waals surface area (Å²) in [7, 11) is 0. The third kappa shape index (κ3) is 10.9. The van der Waals surface area contributed by atoms with Gasteiger partial charge in [-0.2, -0.15) is 0 Å². The molecular weight excluding hydrogens is 1210 g/mol. The number of nitrogens with zero attached hydrogens (tertiary/aromatic N) is 4. The summed E-state index contributed by atoms with van der Waals surface area (Å²) in [5.74, 6) is 0. The molecule has 4 aliphatic carbocycles. The van der Waals surface area contributed by atoms with E-state index in [2.05, 4.69) is 371 Å². The lowest BCUT2D eigenvalue weighted by Gasteiger charge is -2.36. The first-order valence-corrected chi connectivity index (χ1v) is 36.0. The van der Waals surface area contributed by atoms with Crippen molar-refractivity contribution in [3.05, 3.63) is 374 Å². The molecular formula is C96H78N4. The Bertz CT molecular complexity index is 4780. The minimum Gasteiger partial charge on any atom is -0.311 e. The van der Waals surface area contributed by atoms with Crippen LogP contribution in [0.3, 0.4) is 0 Å². The molecule has 0 N–H and O–H groups in total. The molecule has 0 radical (unpaired) electrons. The lowest BCUT2D eigenvalue weighted by molar-refractivity contribution is 0.353. The Labute approximate surface area is 589 Å². The third-order valence-corrected chi connectivity index (χ3v) is 22.2. The molecule has 2 fully saturated rings. The van der Waals surface area contributed by atoms with Crippen LogP contribution >= 0.6 is 0 Å². The third-order valence-electron chi connectivity index (χ3n) is 22.2. The van der Waals surface area contributed by atoms with Gasteiger partial charge in [-0.1, -0.05) is 245 Å². The van der Waals surface area contributed by atoms with Crippen LogP contribution in [0.25, 0.3) is 55.6 Å². The summed E-state index contributed by atoms with van der Waals surface area (Å²) in [5, 5.41) is 0. The van der Waals surface area contributed by atoms with Crippen LogP contribution in [0.4, 0.5) is 68.2 Å². The largest absolute Gasteiger partial charge is 0.311 e. The zero-order valence-electron chi connectivity index (χ0n) is 56.3. The molecule has 4 aliphatic rings. The van der Waals surface area contributed by atoms with Gasteiger partial charge < -0.3 is 19.6 Å². The molecule has 2 spiro atoms. The Morgan fingerprint density at radius 2 is 0.360 bits per heavy atom. The predicted molar refractivity (Wildman–Crippen MR) is 420 cm³/mol. The second-order valence-corrected chi connectivity index (χ2v) is 27.8. The first-order valence-electron chi connectivity index (χ1n) is 36.0. The highest BCUT2D eigenvalue weighted by Crippen LogP contribution is 2.59. The molecule has 0 aliphatic heterocycles. The Balaban J connectivity index is 0.682. The first-order chi connectivity index (χ1) is 49.5. The van der Waals surface area contributed by atoms with E-state index in [0.717, 1.165) is 56.9 Å². The van der Waals surface area contributed by atoms with Gasteiger partial charge in [0.2, 0.25) is 0 Å². The van der Waals surface area contributed by atoms with Crippen molar-refractivity contribution in [2.24, 2.45) is 0 Å². The number of hydrogen-bond donors (Lipinski definition) is 0. The van der Waals surface area contributed by atoms with Crippen LogP contribution in [-0.4, -0.2) is 0 Å². The normalized spacial score (nSPS) is 14.4. The Hall–Kier alpha value is -11.7. The maximum atomic E-state index is 2.54. The van der Waals surface area contributed by atoms with E-state index in [0.29, 0.717) is 0 Å². The van der Waals surface area contributed by atoms with Crippen molar-refractivity contribution in [3.8, 4) is 55.6 Å². The molecule has 0 bridgehead atoms. The minimum atomic E-state index is 0.0278. The first kappa shape index (κ1) is 60.7.